The van der Waals surface area contributed by atoms with Gasteiger partial charge in [-0.2, -0.15) is 11.8 Å². The lowest BCUT2D eigenvalue weighted by atomic mass is 9.95. The number of hydrogen-bond acceptors (Lipinski definition) is 5. The van der Waals surface area contributed by atoms with Crippen LogP contribution in [0.3, 0.4) is 0 Å². The van der Waals surface area contributed by atoms with Crippen molar-refractivity contribution in [2.24, 2.45) is 0 Å². The average Bonchev–Trinajstić information content (AvgIpc) is 2.87. The molecule has 2 fully saturated rings. The van der Waals surface area contributed by atoms with Crippen molar-refractivity contribution in [1.29, 1.82) is 0 Å². The first-order chi connectivity index (χ1) is 9.76. The lowest BCUT2D eigenvalue weighted by Crippen LogP contribution is -2.43. The first-order valence-corrected chi connectivity index (χ1v) is 8.51. The van der Waals surface area contributed by atoms with Crippen LogP contribution in [0.5, 0.6) is 0 Å². The number of carbonyl (C=O) groups is 1. The number of hydrogen-bond donors (Lipinski definition) is 2. The molecular formula is C13H21N5OS. The van der Waals surface area contributed by atoms with E-state index in [2.05, 4.69) is 27.2 Å². The normalized spacial score (nSPS) is 27.1. The summed E-state index contributed by atoms with van der Waals surface area (Å²) in [6.07, 6.45) is 8.43. The second-order valence-electron chi connectivity index (χ2n) is 5.58. The molecule has 110 valence electrons. The van der Waals surface area contributed by atoms with Crippen molar-refractivity contribution in [3.05, 3.63) is 11.9 Å². The van der Waals surface area contributed by atoms with Crippen molar-refractivity contribution < 1.29 is 4.79 Å². The van der Waals surface area contributed by atoms with Crippen LogP contribution in [0.1, 0.15) is 42.2 Å². The molecule has 0 aromatic carbocycles. The Morgan fingerprint density at radius 1 is 1.40 bits per heavy atom. The van der Waals surface area contributed by atoms with E-state index < -0.39 is 0 Å². The van der Waals surface area contributed by atoms with Crippen LogP contribution in [0.4, 0.5) is 0 Å². The molecule has 1 aromatic heterocycles. The quantitative estimate of drug-likeness (QED) is 0.861. The van der Waals surface area contributed by atoms with Crippen LogP contribution < -0.4 is 10.6 Å². The molecule has 1 saturated carbocycles. The van der Waals surface area contributed by atoms with E-state index in [0.717, 1.165) is 31.2 Å². The van der Waals surface area contributed by atoms with Crippen LogP contribution in [-0.2, 0) is 0 Å². The van der Waals surface area contributed by atoms with Gasteiger partial charge in [0, 0.05) is 24.4 Å². The summed E-state index contributed by atoms with van der Waals surface area (Å²) in [7, 11) is 0. The zero-order valence-electron chi connectivity index (χ0n) is 11.7. The largest absolute Gasteiger partial charge is 0.348 e. The summed E-state index contributed by atoms with van der Waals surface area (Å²) < 4.78 is 1.79. The molecule has 0 atom stereocenters. The highest BCUT2D eigenvalue weighted by Gasteiger charge is 2.25. The molecule has 2 aliphatic rings. The van der Waals surface area contributed by atoms with Crippen molar-refractivity contribution in [1.82, 2.24) is 25.6 Å². The zero-order valence-corrected chi connectivity index (χ0v) is 12.5. The molecule has 0 radical (unpaired) electrons. The number of nitrogens with one attached hydrogen (secondary N) is 2. The first kappa shape index (κ1) is 13.9. The van der Waals surface area contributed by atoms with Gasteiger partial charge in [0.15, 0.2) is 5.69 Å². The average molecular weight is 295 g/mol. The summed E-state index contributed by atoms with van der Waals surface area (Å²) in [6.45, 7) is 1.81. The van der Waals surface area contributed by atoms with Crippen LogP contribution in [0.25, 0.3) is 0 Å². The fourth-order valence-corrected chi connectivity index (χ4v) is 3.47. The zero-order chi connectivity index (χ0) is 13.9. The third-order valence-electron chi connectivity index (χ3n) is 4.22. The minimum Gasteiger partial charge on any atom is -0.348 e. The second-order valence-corrected chi connectivity index (χ2v) is 6.72. The van der Waals surface area contributed by atoms with Crippen molar-refractivity contribution >= 4 is 17.7 Å². The highest BCUT2D eigenvalue weighted by Crippen LogP contribution is 2.26. The molecule has 0 bridgehead atoms. The topological polar surface area (TPSA) is 71.8 Å². The summed E-state index contributed by atoms with van der Waals surface area (Å²) in [5.41, 5.74) is 0.434. The van der Waals surface area contributed by atoms with E-state index in [4.69, 9.17) is 0 Å². The van der Waals surface area contributed by atoms with Gasteiger partial charge in [0.05, 0.1) is 12.2 Å². The SMILES string of the molecule is CSC1CCC(NC(=O)c2cn(C3CNC3)nn2)CC1. The van der Waals surface area contributed by atoms with Gasteiger partial charge in [-0.3, -0.25) is 4.79 Å². The summed E-state index contributed by atoms with van der Waals surface area (Å²) in [6, 6.07) is 0.641. The van der Waals surface area contributed by atoms with Crippen LogP contribution in [0.15, 0.2) is 6.20 Å². The summed E-state index contributed by atoms with van der Waals surface area (Å²) >= 11 is 1.93. The third-order valence-corrected chi connectivity index (χ3v) is 5.36. The second kappa shape index (κ2) is 6.13. The van der Waals surface area contributed by atoms with Crippen LogP contribution in [-0.4, -0.2) is 51.5 Å². The van der Waals surface area contributed by atoms with Gasteiger partial charge in [-0.05, 0) is 31.9 Å². The van der Waals surface area contributed by atoms with Gasteiger partial charge in [0.25, 0.3) is 5.91 Å². The summed E-state index contributed by atoms with van der Waals surface area (Å²) in [4.78, 5) is 12.2. The highest BCUT2D eigenvalue weighted by atomic mass is 32.2. The fraction of sp³-hybridized carbons (Fsp3) is 0.769. The standard InChI is InChI=1S/C13H21N5OS/c1-20-11-4-2-9(3-5-11)15-13(19)12-8-18(17-16-12)10-6-14-7-10/h8-11,14H,2-7H2,1H3,(H,15,19). The van der Waals surface area contributed by atoms with Crippen LogP contribution in [0.2, 0.25) is 0 Å². The molecule has 1 aliphatic carbocycles. The van der Waals surface area contributed by atoms with E-state index in [1.54, 1.807) is 10.9 Å². The van der Waals surface area contributed by atoms with Gasteiger partial charge in [-0.25, -0.2) is 4.68 Å². The molecule has 3 rings (SSSR count). The Hall–Kier alpha value is -1.08. The molecule has 0 unspecified atom stereocenters. The molecule has 2 heterocycles. The van der Waals surface area contributed by atoms with Crippen LogP contribution in [0, 0.1) is 0 Å². The van der Waals surface area contributed by atoms with Gasteiger partial charge < -0.3 is 10.6 Å². The number of aromatic nitrogens is 3. The molecule has 0 spiro atoms. The lowest BCUT2D eigenvalue weighted by molar-refractivity contribution is 0.0923. The van der Waals surface area contributed by atoms with Crippen molar-refractivity contribution in [3.63, 3.8) is 0 Å². The van der Waals surface area contributed by atoms with E-state index >= 15 is 0 Å². The number of thioether (sulfide) groups is 1. The Kier molecular flexibility index (Phi) is 4.26. The van der Waals surface area contributed by atoms with Gasteiger partial charge in [0.1, 0.15) is 0 Å². The Morgan fingerprint density at radius 2 is 2.15 bits per heavy atom. The maximum absolute atomic E-state index is 12.2. The van der Waals surface area contributed by atoms with Gasteiger partial charge >= 0.3 is 0 Å². The minimum atomic E-state index is -0.0869. The van der Waals surface area contributed by atoms with Crippen molar-refractivity contribution in [2.75, 3.05) is 19.3 Å². The van der Waals surface area contributed by atoms with Crippen molar-refractivity contribution in [3.8, 4) is 0 Å². The molecule has 1 aliphatic heterocycles. The van der Waals surface area contributed by atoms with Gasteiger partial charge in [-0.1, -0.05) is 5.21 Å². The maximum atomic E-state index is 12.2. The van der Waals surface area contributed by atoms with E-state index in [0.29, 0.717) is 17.8 Å². The molecule has 7 heteroatoms. The van der Waals surface area contributed by atoms with E-state index in [9.17, 15) is 4.79 Å². The van der Waals surface area contributed by atoms with Crippen molar-refractivity contribution in [2.45, 2.75) is 43.0 Å². The van der Waals surface area contributed by atoms with Gasteiger partial charge in [-0.15, -0.1) is 5.10 Å². The lowest BCUT2D eigenvalue weighted by Gasteiger charge is -2.27. The van der Waals surface area contributed by atoms with E-state index in [1.807, 2.05) is 11.8 Å². The van der Waals surface area contributed by atoms with E-state index in [-0.39, 0.29) is 5.91 Å². The number of carbonyl (C=O) groups excluding carboxylic acids is 1. The molecule has 1 amide bonds. The maximum Gasteiger partial charge on any atom is 0.273 e. The molecule has 20 heavy (non-hydrogen) atoms. The molecule has 6 nitrogen and oxygen atoms in total. The Labute approximate surface area is 123 Å². The Morgan fingerprint density at radius 3 is 2.75 bits per heavy atom. The Bertz CT molecular complexity index is 465. The fourth-order valence-electron chi connectivity index (χ4n) is 2.72. The smallest absolute Gasteiger partial charge is 0.273 e. The predicted molar refractivity (Wildman–Crippen MR) is 79.0 cm³/mol. The van der Waals surface area contributed by atoms with E-state index in [1.165, 1.54) is 12.8 Å². The number of nitrogens with zero attached hydrogens (tertiary/aromatic N) is 3. The third kappa shape index (κ3) is 2.98. The summed E-state index contributed by atoms with van der Waals surface area (Å²) in [5, 5.41) is 15.1. The summed E-state index contributed by atoms with van der Waals surface area (Å²) in [5.74, 6) is -0.0869. The number of rotatable bonds is 4. The molecule has 1 saturated heterocycles. The van der Waals surface area contributed by atoms with Crippen LogP contribution >= 0.6 is 11.8 Å². The molecule has 1 aromatic rings. The predicted octanol–water partition coefficient (Wildman–Crippen LogP) is 0.826. The number of amides is 1. The van der Waals surface area contributed by atoms with Gasteiger partial charge in [0.2, 0.25) is 0 Å². The Balaban J connectivity index is 1.52. The molecule has 2 N–H and O–H groups in total. The first-order valence-electron chi connectivity index (χ1n) is 7.22. The minimum absolute atomic E-state index is 0.0869. The monoisotopic (exact) mass is 295 g/mol. The highest BCUT2D eigenvalue weighted by molar-refractivity contribution is 7.99. The molecular weight excluding hydrogens is 274 g/mol.